The Balaban J connectivity index is 2.00. The van der Waals surface area contributed by atoms with Crippen molar-refractivity contribution in [2.75, 3.05) is 24.5 Å². The second kappa shape index (κ2) is 13.8. The van der Waals surface area contributed by atoms with Crippen LogP contribution in [-0.4, -0.2) is 51.4 Å². The first-order valence-corrected chi connectivity index (χ1v) is 15.2. The number of carbonyl (C=O) groups excluding carboxylic acids is 2. The molecule has 8 nitrogen and oxygen atoms in total. The standard InChI is InChI=1S/C30H36BrN3O5S/c1-21(2)18-32-30(36)23(4)33(19-24-8-10-25(31)11-9-24)29(35)20-34(26-12-6-22(3)7-13-26)40(37,38)28-16-14-27(39-5)15-17-28/h6-17,21,23H,18-20H2,1-5H3,(H,32,36)/t23-/m0/s1. The predicted molar refractivity (Wildman–Crippen MR) is 161 cm³/mol. The zero-order chi connectivity index (χ0) is 29.4. The van der Waals surface area contributed by atoms with Gasteiger partial charge in [0.15, 0.2) is 0 Å². The summed E-state index contributed by atoms with van der Waals surface area (Å²) in [6.45, 7) is 7.63. The van der Waals surface area contributed by atoms with Crippen molar-refractivity contribution in [3.63, 3.8) is 0 Å². The summed E-state index contributed by atoms with van der Waals surface area (Å²) < 4.78 is 34.9. The molecule has 0 radical (unpaired) electrons. The van der Waals surface area contributed by atoms with E-state index in [-0.39, 0.29) is 23.3 Å². The molecule has 10 heteroatoms. The highest BCUT2D eigenvalue weighted by Crippen LogP contribution is 2.26. The van der Waals surface area contributed by atoms with Crippen LogP contribution in [0, 0.1) is 12.8 Å². The molecule has 3 aromatic rings. The Kier molecular flexibility index (Phi) is 10.8. The zero-order valence-electron chi connectivity index (χ0n) is 23.4. The van der Waals surface area contributed by atoms with Gasteiger partial charge in [-0.1, -0.05) is 59.6 Å². The third-order valence-corrected chi connectivity index (χ3v) is 8.68. The van der Waals surface area contributed by atoms with Crippen LogP contribution in [0.1, 0.15) is 31.9 Å². The number of amides is 2. The summed E-state index contributed by atoms with van der Waals surface area (Å²) in [5.41, 5.74) is 2.10. The van der Waals surface area contributed by atoms with Gasteiger partial charge >= 0.3 is 0 Å². The Hall–Kier alpha value is -3.37. The minimum atomic E-state index is -4.14. The molecule has 0 aromatic heterocycles. The molecule has 0 heterocycles. The SMILES string of the molecule is COc1ccc(S(=O)(=O)N(CC(=O)N(Cc2ccc(Br)cc2)[C@@H](C)C(=O)NCC(C)C)c2ccc(C)cc2)cc1. The molecule has 0 bridgehead atoms. The van der Waals surface area contributed by atoms with Gasteiger partial charge in [0.2, 0.25) is 11.8 Å². The van der Waals surface area contributed by atoms with Gasteiger partial charge in [-0.25, -0.2) is 8.42 Å². The van der Waals surface area contributed by atoms with Crippen molar-refractivity contribution in [2.45, 2.75) is 45.2 Å². The molecule has 214 valence electrons. The van der Waals surface area contributed by atoms with E-state index in [1.54, 1.807) is 43.3 Å². The first kappa shape index (κ1) is 31.2. The molecule has 0 saturated carbocycles. The highest BCUT2D eigenvalue weighted by molar-refractivity contribution is 9.10. The monoisotopic (exact) mass is 629 g/mol. The van der Waals surface area contributed by atoms with Gasteiger partial charge in [0.25, 0.3) is 10.0 Å². The highest BCUT2D eigenvalue weighted by Gasteiger charge is 2.32. The summed E-state index contributed by atoms with van der Waals surface area (Å²) in [5, 5.41) is 2.89. The lowest BCUT2D eigenvalue weighted by Gasteiger charge is -2.32. The van der Waals surface area contributed by atoms with Crippen molar-refractivity contribution < 1.29 is 22.7 Å². The Morgan fingerprint density at radius 1 is 0.925 bits per heavy atom. The van der Waals surface area contributed by atoms with E-state index in [9.17, 15) is 18.0 Å². The van der Waals surface area contributed by atoms with Gasteiger partial charge in [0.05, 0.1) is 17.7 Å². The lowest BCUT2D eigenvalue weighted by Crippen LogP contribution is -2.51. The van der Waals surface area contributed by atoms with Gasteiger partial charge < -0.3 is 15.0 Å². The van der Waals surface area contributed by atoms with E-state index < -0.39 is 28.5 Å². The molecule has 2 amide bonds. The maximum absolute atomic E-state index is 13.9. The van der Waals surface area contributed by atoms with Crippen LogP contribution in [0.3, 0.4) is 0 Å². The lowest BCUT2D eigenvalue weighted by atomic mass is 10.1. The number of sulfonamides is 1. The van der Waals surface area contributed by atoms with Crippen molar-refractivity contribution in [3.8, 4) is 5.75 Å². The van der Waals surface area contributed by atoms with E-state index >= 15 is 0 Å². The molecule has 0 aliphatic heterocycles. The molecular weight excluding hydrogens is 594 g/mol. The van der Waals surface area contributed by atoms with Crippen LogP contribution in [0.2, 0.25) is 0 Å². The van der Waals surface area contributed by atoms with Crippen molar-refractivity contribution in [3.05, 3.63) is 88.4 Å². The van der Waals surface area contributed by atoms with E-state index in [2.05, 4.69) is 21.2 Å². The molecule has 3 aromatic carbocycles. The van der Waals surface area contributed by atoms with Crippen LogP contribution in [0.25, 0.3) is 0 Å². The average molecular weight is 631 g/mol. The lowest BCUT2D eigenvalue weighted by molar-refractivity contribution is -0.139. The Morgan fingerprint density at radius 3 is 2.08 bits per heavy atom. The largest absolute Gasteiger partial charge is 0.497 e. The number of ether oxygens (including phenoxy) is 1. The second-order valence-electron chi connectivity index (χ2n) is 9.99. The number of benzene rings is 3. The maximum Gasteiger partial charge on any atom is 0.264 e. The van der Waals surface area contributed by atoms with Gasteiger partial charge in [-0.05, 0) is 73.9 Å². The molecule has 0 spiro atoms. The van der Waals surface area contributed by atoms with Crippen LogP contribution < -0.4 is 14.4 Å². The van der Waals surface area contributed by atoms with Crippen LogP contribution in [0.15, 0.2) is 82.2 Å². The molecule has 40 heavy (non-hydrogen) atoms. The molecule has 0 aliphatic rings. The van der Waals surface area contributed by atoms with Gasteiger partial charge in [-0.15, -0.1) is 0 Å². The molecule has 0 unspecified atom stereocenters. The molecule has 0 saturated heterocycles. The van der Waals surface area contributed by atoms with E-state index in [0.717, 1.165) is 19.9 Å². The number of methoxy groups -OCH3 is 1. The summed E-state index contributed by atoms with van der Waals surface area (Å²) in [6, 6.07) is 19.5. The van der Waals surface area contributed by atoms with Crippen LogP contribution >= 0.6 is 15.9 Å². The Bertz CT molecular complexity index is 1390. The smallest absolute Gasteiger partial charge is 0.264 e. The number of nitrogens with zero attached hydrogens (tertiary/aromatic N) is 2. The van der Waals surface area contributed by atoms with Gasteiger partial charge in [-0.2, -0.15) is 0 Å². The fourth-order valence-electron chi connectivity index (χ4n) is 3.94. The van der Waals surface area contributed by atoms with Crippen molar-refractivity contribution in [1.82, 2.24) is 10.2 Å². The number of hydrogen-bond donors (Lipinski definition) is 1. The molecule has 0 fully saturated rings. The Labute approximate surface area is 245 Å². The maximum atomic E-state index is 13.9. The predicted octanol–water partition coefficient (Wildman–Crippen LogP) is 5.15. The van der Waals surface area contributed by atoms with Gasteiger partial charge in [0, 0.05) is 17.6 Å². The van der Waals surface area contributed by atoms with E-state index in [0.29, 0.717) is 18.0 Å². The van der Waals surface area contributed by atoms with Crippen LogP contribution in [-0.2, 0) is 26.2 Å². The number of nitrogens with one attached hydrogen (secondary N) is 1. The summed E-state index contributed by atoms with van der Waals surface area (Å²) in [4.78, 5) is 28.4. The molecule has 1 atom stereocenters. The molecular formula is C30H36BrN3O5S. The summed E-state index contributed by atoms with van der Waals surface area (Å²) >= 11 is 3.42. The summed E-state index contributed by atoms with van der Waals surface area (Å²) in [5.74, 6) is -0.0656. The van der Waals surface area contributed by atoms with Crippen LogP contribution in [0.4, 0.5) is 5.69 Å². The van der Waals surface area contributed by atoms with Crippen molar-refractivity contribution in [1.29, 1.82) is 0 Å². The third-order valence-electron chi connectivity index (χ3n) is 6.37. The molecule has 3 rings (SSSR count). The fraction of sp³-hybridized carbons (Fsp3) is 0.333. The minimum Gasteiger partial charge on any atom is -0.497 e. The summed E-state index contributed by atoms with van der Waals surface area (Å²) in [6.07, 6.45) is 0. The zero-order valence-corrected chi connectivity index (χ0v) is 25.8. The van der Waals surface area contributed by atoms with Crippen molar-refractivity contribution >= 4 is 43.5 Å². The second-order valence-corrected chi connectivity index (χ2v) is 12.8. The number of aryl methyl sites for hydroxylation is 1. The first-order valence-electron chi connectivity index (χ1n) is 13.0. The average Bonchev–Trinajstić information content (AvgIpc) is 2.94. The molecule has 1 N–H and O–H groups in total. The van der Waals surface area contributed by atoms with E-state index in [1.165, 1.54) is 24.1 Å². The number of hydrogen-bond acceptors (Lipinski definition) is 5. The highest BCUT2D eigenvalue weighted by atomic mass is 79.9. The quantitative estimate of drug-likeness (QED) is 0.299. The topological polar surface area (TPSA) is 96.0 Å². The van der Waals surface area contributed by atoms with Crippen molar-refractivity contribution in [2.24, 2.45) is 5.92 Å². The van der Waals surface area contributed by atoms with Gasteiger partial charge in [0.1, 0.15) is 18.3 Å². The molecule has 0 aliphatic carbocycles. The fourth-order valence-corrected chi connectivity index (χ4v) is 5.61. The first-order chi connectivity index (χ1) is 18.9. The minimum absolute atomic E-state index is 0.0175. The Morgan fingerprint density at radius 2 is 1.52 bits per heavy atom. The van der Waals surface area contributed by atoms with E-state index in [4.69, 9.17) is 4.74 Å². The third kappa shape index (κ3) is 8.08. The number of halogens is 1. The van der Waals surface area contributed by atoms with E-state index in [1.807, 2.05) is 45.0 Å². The number of carbonyl (C=O) groups is 2. The normalized spacial score (nSPS) is 12.1. The number of anilines is 1. The number of rotatable bonds is 12. The van der Waals surface area contributed by atoms with Gasteiger partial charge in [-0.3, -0.25) is 13.9 Å². The van der Waals surface area contributed by atoms with Crippen LogP contribution in [0.5, 0.6) is 5.75 Å². The summed E-state index contributed by atoms with van der Waals surface area (Å²) in [7, 11) is -2.64.